The maximum atomic E-state index is 11.4. The van der Waals surface area contributed by atoms with Crippen LogP contribution in [0.5, 0.6) is 0 Å². The summed E-state index contributed by atoms with van der Waals surface area (Å²) in [6.45, 7) is 1.97. The Hall–Kier alpha value is -0.910. The van der Waals surface area contributed by atoms with Gasteiger partial charge in [-0.2, -0.15) is 0 Å². The summed E-state index contributed by atoms with van der Waals surface area (Å²) in [5, 5.41) is 2.69. The molecule has 5 nitrogen and oxygen atoms in total. The van der Waals surface area contributed by atoms with Crippen LogP contribution in [0.15, 0.2) is 6.07 Å². The van der Waals surface area contributed by atoms with E-state index in [0.717, 1.165) is 0 Å². The molecule has 1 aromatic heterocycles. The molecule has 0 saturated heterocycles. The number of hydrogen-bond donors (Lipinski definition) is 2. The summed E-state index contributed by atoms with van der Waals surface area (Å²) < 4.78 is 0. The SMILES string of the molecule is CC(CN)C(=O)Nc1cc(Cl)nc(Cl)n1. The van der Waals surface area contributed by atoms with Gasteiger partial charge >= 0.3 is 0 Å². The van der Waals surface area contributed by atoms with Crippen LogP contribution in [0, 0.1) is 5.92 Å². The maximum absolute atomic E-state index is 11.4. The van der Waals surface area contributed by atoms with E-state index >= 15 is 0 Å². The van der Waals surface area contributed by atoms with Crippen LogP contribution in [0.4, 0.5) is 5.82 Å². The van der Waals surface area contributed by atoms with Crippen molar-refractivity contribution in [3.8, 4) is 0 Å². The van der Waals surface area contributed by atoms with E-state index in [2.05, 4.69) is 15.3 Å². The van der Waals surface area contributed by atoms with Crippen LogP contribution in [0.25, 0.3) is 0 Å². The van der Waals surface area contributed by atoms with Crippen molar-refractivity contribution < 1.29 is 4.79 Å². The van der Waals surface area contributed by atoms with E-state index in [1.807, 2.05) is 0 Å². The third kappa shape index (κ3) is 3.62. The molecule has 82 valence electrons. The van der Waals surface area contributed by atoms with Gasteiger partial charge in [0.15, 0.2) is 0 Å². The fraction of sp³-hybridized carbons (Fsp3) is 0.375. The van der Waals surface area contributed by atoms with Crippen molar-refractivity contribution in [2.75, 3.05) is 11.9 Å². The first-order valence-electron chi connectivity index (χ1n) is 4.24. The summed E-state index contributed by atoms with van der Waals surface area (Å²) in [6.07, 6.45) is 0. The Bertz CT molecular complexity index is 351. The first-order chi connectivity index (χ1) is 7.02. The van der Waals surface area contributed by atoms with E-state index in [9.17, 15) is 4.79 Å². The van der Waals surface area contributed by atoms with Crippen LogP contribution >= 0.6 is 23.2 Å². The molecule has 1 atom stereocenters. The molecule has 0 aromatic carbocycles. The van der Waals surface area contributed by atoms with Gasteiger partial charge in [-0.25, -0.2) is 9.97 Å². The van der Waals surface area contributed by atoms with Gasteiger partial charge in [0.25, 0.3) is 0 Å². The van der Waals surface area contributed by atoms with Crippen LogP contribution < -0.4 is 11.1 Å². The number of halogens is 2. The Morgan fingerprint density at radius 3 is 2.80 bits per heavy atom. The van der Waals surface area contributed by atoms with Gasteiger partial charge in [0.1, 0.15) is 11.0 Å². The molecule has 0 radical (unpaired) electrons. The summed E-state index contributed by atoms with van der Waals surface area (Å²) in [4.78, 5) is 18.9. The summed E-state index contributed by atoms with van der Waals surface area (Å²) in [7, 11) is 0. The van der Waals surface area contributed by atoms with Crippen LogP contribution in [-0.4, -0.2) is 22.4 Å². The minimum Gasteiger partial charge on any atom is -0.330 e. The lowest BCUT2D eigenvalue weighted by molar-refractivity contribution is -0.119. The highest BCUT2D eigenvalue weighted by Gasteiger charge is 2.12. The van der Waals surface area contributed by atoms with Crippen molar-refractivity contribution in [2.24, 2.45) is 11.7 Å². The molecule has 0 aliphatic heterocycles. The number of carbonyl (C=O) groups is 1. The van der Waals surface area contributed by atoms with E-state index in [4.69, 9.17) is 28.9 Å². The lowest BCUT2D eigenvalue weighted by Crippen LogP contribution is -2.27. The van der Waals surface area contributed by atoms with Crippen molar-refractivity contribution in [3.05, 3.63) is 16.5 Å². The molecule has 3 N–H and O–H groups in total. The molecule has 1 aromatic rings. The summed E-state index contributed by atoms with van der Waals surface area (Å²) in [5.41, 5.74) is 5.34. The highest BCUT2D eigenvalue weighted by molar-refractivity contribution is 6.32. The van der Waals surface area contributed by atoms with Crippen LogP contribution in [0.3, 0.4) is 0 Å². The smallest absolute Gasteiger partial charge is 0.229 e. The number of aromatic nitrogens is 2. The topological polar surface area (TPSA) is 80.9 Å². The van der Waals surface area contributed by atoms with E-state index in [-0.39, 0.29) is 34.6 Å². The van der Waals surface area contributed by atoms with Crippen LogP contribution in [0.2, 0.25) is 10.4 Å². The third-order valence-electron chi connectivity index (χ3n) is 1.72. The largest absolute Gasteiger partial charge is 0.330 e. The lowest BCUT2D eigenvalue weighted by atomic mass is 10.2. The number of amides is 1. The van der Waals surface area contributed by atoms with Crippen molar-refractivity contribution in [3.63, 3.8) is 0 Å². The summed E-state index contributed by atoms with van der Waals surface area (Å²) in [6, 6.07) is 1.41. The van der Waals surface area contributed by atoms with E-state index in [1.165, 1.54) is 6.07 Å². The molecule has 0 aliphatic carbocycles. The highest BCUT2D eigenvalue weighted by Crippen LogP contribution is 2.14. The second kappa shape index (κ2) is 5.25. The average molecular weight is 249 g/mol. The first-order valence-corrected chi connectivity index (χ1v) is 4.99. The number of nitrogens with one attached hydrogen (secondary N) is 1. The Morgan fingerprint density at radius 1 is 1.60 bits per heavy atom. The van der Waals surface area contributed by atoms with Crippen molar-refractivity contribution >= 4 is 34.9 Å². The standard InChI is InChI=1S/C8H10Cl2N4O/c1-4(3-11)7(15)13-6-2-5(9)12-8(10)14-6/h2,4H,3,11H2,1H3,(H,12,13,14,15). The van der Waals surface area contributed by atoms with Gasteiger partial charge in [-0.05, 0) is 11.6 Å². The number of anilines is 1. The van der Waals surface area contributed by atoms with Gasteiger partial charge in [-0.15, -0.1) is 0 Å². The summed E-state index contributed by atoms with van der Waals surface area (Å²) >= 11 is 11.2. The number of nitrogens with zero attached hydrogens (tertiary/aromatic N) is 2. The predicted molar refractivity (Wildman–Crippen MR) is 58.9 cm³/mol. The molecular formula is C8H10Cl2N4O. The van der Waals surface area contributed by atoms with E-state index in [0.29, 0.717) is 0 Å². The Kier molecular flexibility index (Phi) is 4.26. The molecule has 1 heterocycles. The monoisotopic (exact) mass is 248 g/mol. The van der Waals surface area contributed by atoms with Gasteiger partial charge in [0.05, 0.1) is 0 Å². The average Bonchev–Trinajstić information content (AvgIpc) is 2.14. The molecule has 1 amide bonds. The minimum absolute atomic E-state index is 0.0156. The van der Waals surface area contributed by atoms with Crippen LogP contribution in [0.1, 0.15) is 6.92 Å². The van der Waals surface area contributed by atoms with Gasteiger partial charge in [-0.3, -0.25) is 4.79 Å². The molecule has 7 heteroatoms. The van der Waals surface area contributed by atoms with Crippen molar-refractivity contribution in [1.29, 1.82) is 0 Å². The molecule has 0 saturated carbocycles. The molecule has 0 fully saturated rings. The number of hydrogen-bond acceptors (Lipinski definition) is 4. The minimum atomic E-state index is -0.294. The number of rotatable bonds is 3. The van der Waals surface area contributed by atoms with E-state index in [1.54, 1.807) is 6.92 Å². The predicted octanol–water partition coefficient (Wildman–Crippen LogP) is 1.32. The molecule has 0 spiro atoms. The fourth-order valence-corrected chi connectivity index (χ4v) is 1.22. The molecule has 0 bridgehead atoms. The zero-order chi connectivity index (χ0) is 11.4. The van der Waals surface area contributed by atoms with Gasteiger partial charge in [0.2, 0.25) is 11.2 Å². The zero-order valence-electron chi connectivity index (χ0n) is 8.00. The molecule has 0 aliphatic rings. The van der Waals surface area contributed by atoms with Crippen molar-refractivity contribution in [1.82, 2.24) is 9.97 Å². The fourth-order valence-electron chi connectivity index (χ4n) is 0.810. The summed E-state index contributed by atoms with van der Waals surface area (Å²) in [5.74, 6) is -0.258. The molecule has 1 unspecified atom stereocenters. The van der Waals surface area contributed by atoms with Gasteiger partial charge in [0, 0.05) is 18.5 Å². The van der Waals surface area contributed by atoms with Gasteiger partial charge < -0.3 is 11.1 Å². The maximum Gasteiger partial charge on any atom is 0.229 e. The highest BCUT2D eigenvalue weighted by atomic mass is 35.5. The second-order valence-electron chi connectivity index (χ2n) is 2.97. The van der Waals surface area contributed by atoms with Crippen molar-refractivity contribution in [2.45, 2.75) is 6.92 Å². The van der Waals surface area contributed by atoms with Crippen LogP contribution in [-0.2, 0) is 4.79 Å². The quantitative estimate of drug-likeness (QED) is 0.625. The molecular weight excluding hydrogens is 239 g/mol. The molecule has 15 heavy (non-hydrogen) atoms. The number of nitrogens with two attached hydrogens (primary N) is 1. The lowest BCUT2D eigenvalue weighted by Gasteiger charge is -2.09. The second-order valence-corrected chi connectivity index (χ2v) is 3.70. The number of carbonyl (C=O) groups excluding carboxylic acids is 1. The Balaban J connectivity index is 2.76. The Labute approximate surface area is 97.0 Å². The van der Waals surface area contributed by atoms with E-state index < -0.39 is 0 Å². The third-order valence-corrected chi connectivity index (χ3v) is 2.08. The van der Waals surface area contributed by atoms with Gasteiger partial charge in [-0.1, -0.05) is 18.5 Å². The normalized spacial score (nSPS) is 12.3. The first kappa shape index (κ1) is 12.2. The Morgan fingerprint density at radius 2 is 2.27 bits per heavy atom. The molecule has 1 rings (SSSR count). The zero-order valence-corrected chi connectivity index (χ0v) is 9.51.